The summed E-state index contributed by atoms with van der Waals surface area (Å²) in [6.45, 7) is 4.16. The number of aryl methyl sites for hydroxylation is 1. The summed E-state index contributed by atoms with van der Waals surface area (Å²) in [4.78, 5) is 7.12. The Morgan fingerprint density at radius 2 is 2.38 bits per heavy atom. The van der Waals surface area contributed by atoms with Crippen molar-refractivity contribution in [3.63, 3.8) is 0 Å². The Labute approximate surface area is 129 Å². The number of aliphatic hydroxyl groups is 1. The van der Waals surface area contributed by atoms with Crippen LogP contribution in [-0.2, 0) is 6.54 Å². The molecule has 1 atom stereocenters. The van der Waals surface area contributed by atoms with Gasteiger partial charge in [0.2, 0.25) is 5.89 Å². The van der Waals surface area contributed by atoms with Gasteiger partial charge in [-0.3, -0.25) is 4.90 Å². The molecule has 0 bridgehead atoms. The summed E-state index contributed by atoms with van der Waals surface area (Å²) in [6.07, 6.45) is 4.53. The van der Waals surface area contributed by atoms with E-state index in [-0.39, 0.29) is 6.61 Å². The Hall–Kier alpha value is -1.17. The first-order valence-corrected chi connectivity index (χ1v) is 8.56. The topological polar surface area (TPSA) is 49.5 Å². The average Bonchev–Trinajstić information content (AvgIpc) is 3.12. The minimum absolute atomic E-state index is 0.263. The maximum absolute atomic E-state index is 9.23. The summed E-state index contributed by atoms with van der Waals surface area (Å²) in [5.74, 6) is 1.63. The molecule has 21 heavy (non-hydrogen) atoms. The lowest BCUT2D eigenvalue weighted by Crippen LogP contribution is -2.39. The fourth-order valence-corrected chi connectivity index (χ4v) is 3.65. The zero-order valence-corrected chi connectivity index (χ0v) is 13.2. The Morgan fingerprint density at radius 3 is 3.14 bits per heavy atom. The Bertz CT molecular complexity index is 563. The SMILES string of the molecule is Cc1oc(-c2ccsc2)nc1CN1CCCC[C@H]1CCO. The predicted octanol–water partition coefficient (Wildman–Crippen LogP) is 3.45. The van der Waals surface area contributed by atoms with Gasteiger partial charge >= 0.3 is 0 Å². The maximum Gasteiger partial charge on any atom is 0.227 e. The van der Waals surface area contributed by atoms with Crippen molar-refractivity contribution in [3.05, 3.63) is 28.3 Å². The van der Waals surface area contributed by atoms with Crippen LogP contribution in [0.4, 0.5) is 0 Å². The highest BCUT2D eigenvalue weighted by Crippen LogP contribution is 2.27. The number of hydrogen-bond acceptors (Lipinski definition) is 5. The van der Waals surface area contributed by atoms with Gasteiger partial charge in [0.1, 0.15) is 5.76 Å². The second-order valence-electron chi connectivity index (χ2n) is 5.67. The highest BCUT2D eigenvalue weighted by Gasteiger charge is 2.24. The molecule has 1 aliphatic rings. The van der Waals surface area contributed by atoms with Crippen molar-refractivity contribution in [2.75, 3.05) is 13.2 Å². The van der Waals surface area contributed by atoms with E-state index in [0.29, 0.717) is 6.04 Å². The fourth-order valence-electron chi connectivity index (χ4n) is 3.02. The number of likely N-dealkylation sites (tertiary alicyclic amines) is 1. The molecule has 3 heterocycles. The van der Waals surface area contributed by atoms with Crippen LogP contribution in [0.15, 0.2) is 21.2 Å². The van der Waals surface area contributed by atoms with Crippen LogP contribution in [0.2, 0.25) is 0 Å². The zero-order chi connectivity index (χ0) is 14.7. The van der Waals surface area contributed by atoms with E-state index in [4.69, 9.17) is 4.42 Å². The van der Waals surface area contributed by atoms with Crippen LogP contribution < -0.4 is 0 Å². The molecule has 2 aromatic rings. The number of thiophene rings is 1. The molecule has 0 aromatic carbocycles. The van der Waals surface area contributed by atoms with Crippen LogP contribution in [-0.4, -0.2) is 34.2 Å². The van der Waals surface area contributed by atoms with Crippen molar-refractivity contribution in [1.29, 1.82) is 0 Å². The normalized spacial score (nSPS) is 20.0. The van der Waals surface area contributed by atoms with E-state index in [0.717, 1.165) is 42.4 Å². The summed E-state index contributed by atoms with van der Waals surface area (Å²) < 4.78 is 5.82. The molecule has 0 radical (unpaired) electrons. The van der Waals surface area contributed by atoms with E-state index in [1.54, 1.807) is 11.3 Å². The molecule has 3 rings (SSSR count). The second kappa shape index (κ2) is 6.73. The van der Waals surface area contributed by atoms with E-state index in [1.165, 1.54) is 19.3 Å². The highest BCUT2D eigenvalue weighted by atomic mass is 32.1. The molecule has 2 aromatic heterocycles. The zero-order valence-electron chi connectivity index (χ0n) is 12.4. The molecule has 1 aliphatic heterocycles. The van der Waals surface area contributed by atoms with Crippen LogP contribution in [0.5, 0.6) is 0 Å². The van der Waals surface area contributed by atoms with Crippen molar-refractivity contribution >= 4 is 11.3 Å². The van der Waals surface area contributed by atoms with Gasteiger partial charge in [-0.2, -0.15) is 11.3 Å². The summed E-state index contributed by atoms with van der Waals surface area (Å²) in [7, 11) is 0. The van der Waals surface area contributed by atoms with E-state index < -0.39 is 0 Å². The number of aromatic nitrogens is 1. The molecule has 0 amide bonds. The lowest BCUT2D eigenvalue weighted by Gasteiger charge is -2.35. The summed E-state index contributed by atoms with van der Waals surface area (Å²) >= 11 is 1.65. The third-order valence-corrected chi connectivity index (χ3v) is 4.91. The highest BCUT2D eigenvalue weighted by molar-refractivity contribution is 7.08. The van der Waals surface area contributed by atoms with Gasteiger partial charge in [-0.25, -0.2) is 4.98 Å². The first-order chi connectivity index (χ1) is 10.3. The van der Waals surface area contributed by atoms with E-state index in [9.17, 15) is 5.11 Å². The average molecular weight is 306 g/mol. The van der Waals surface area contributed by atoms with Gasteiger partial charge in [-0.15, -0.1) is 0 Å². The fraction of sp³-hybridized carbons (Fsp3) is 0.562. The van der Waals surface area contributed by atoms with Gasteiger partial charge in [-0.1, -0.05) is 6.42 Å². The molecule has 1 fully saturated rings. The number of aliphatic hydroxyl groups excluding tert-OH is 1. The molecule has 0 unspecified atom stereocenters. The predicted molar refractivity (Wildman–Crippen MR) is 84.3 cm³/mol. The molecule has 1 N–H and O–H groups in total. The van der Waals surface area contributed by atoms with Crippen LogP contribution >= 0.6 is 11.3 Å². The number of hydrogen-bond donors (Lipinski definition) is 1. The van der Waals surface area contributed by atoms with E-state index >= 15 is 0 Å². The molecular formula is C16H22N2O2S. The smallest absolute Gasteiger partial charge is 0.227 e. The van der Waals surface area contributed by atoms with Crippen molar-refractivity contribution in [1.82, 2.24) is 9.88 Å². The standard InChI is InChI=1S/C16H22N2O2S/c1-12-15(17-16(20-12)13-6-9-21-11-13)10-18-7-3-2-4-14(18)5-8-19/h6,9,11,14,19H,2-5,7-8,10H2,1H3/t14-/m0/s1. The first-order valence-electron chi connectivity index (χ1n) is 7.61. The quantitative estimate of drug-likeness (QED) is 0.919. The van der Waals surface area contributed by atoms with E-state index in [1.807, 2.05) is 18.4 Å². The minimum Gasteiger partial charge on any atom is -0.441 e. The third kappa shape index (κ3) is 3.36. The van der Waals surface area contributed by atoms with Gasteiger partial charge in [0.15, 0.2) is 0 Å². The van der Waals surface area contributed by atoms with Crippen LogP contribution in [0.1, 0.15) is 37.1 Å². The molecule has 5 heteroatoms. The molecule has 0 aliphatic carbocycles. The summed E-state index contributed by atoms with van der Waals surface area (Å²) in [5, 5.41) is 13.3. The van der Waals surface area contributed by atoms with E-state index in [2.05, 4.69) is 15.3 Å². The Balaban J connectivity index is 1.74. The number of oxazole rings is 1. The van der Waals surface area contributed by atoms with Gasteiger partial charge in [0, 0.05) is 30.1 Å². The van der Waals surface area contributed by atoms with Crippen molar-refractivity contribution in [2.45, 2.75) is 45.2 Å². The number of rotatable bonds is 5. The second-order valence-corrected chi connectivity index (χ2v) is 6.45. The lowest BCUT2D eigenvalue weighted by molar-refractivity contribution is 0.111. The molecule has 0 spiro atoms. The maximum atomic E-state index is 9.23. The van der Waals surface area contributed by atoms with Crippen molar-refractivity contribution < 1.29 is 9.52 Å². The Morgan fingerprint density at radius 1 is 1.48 bits per heavy atom. The van der Waals surface area contributed by atoms with Crippen molar-refractivity contribution in [3.8, 4) is 11.5 Å². The first kappa shape index (κ1) is 14.8. The summed E-state index contributed by atoms with van der Waals surface area (Å²) in [6, 6.07) is 2.51. The van der Waals surface area contributed by atoms with Crippen LogP contribution in [0.3, 0.4) is 0 Å². The van der Waals surface area contributed by atoms with Crippen molar-refractivity contribution in [2.24, 2.45) is 0 Å². The molecule has 4 nitrogen and oxygen atoms in total. The number of nitrogens with zero attached hydrogens (tertiary/aromatic N) is 2. The van der Waals surface area contributed by atoms with Crippen LogP contribution in [0, 0.1) is 6.92 Å². The van der Waals surface area contributed by atoms with Gasteiger partial charge in [-0.05, 0) is 44.2 Å². The minimum atomic E-state index is 0.263. The molecule has 1 saturated heterocycles. The summed E-state index contributed by atoms with van der Waals surface area (Å²) in [5.41, 5.74) is 2.08. The molecule has 0 saturated carbocycles. The molecular weight excluding hydrogens is 284 g/mol. The van der Waals surface area contributed by atoms with Crippen LogP contribution in [0.25, 0.3) is 11.5 Å². The van der Waals surface area contributed by atoms with Gasteiger partial charge < -0.3 is 9.52 Å². The lowest BCUT2D eigenvalue weighted by atomic mass is 9.99. The number of piperidine rings is 1. The van der Waals surface area contributed by atoms with Gasteiger partial charge in [0.05, 0.1) is 5.69 Å². The monoisotopic (exact) mass is 306 g/mol. The third-order valence-electron chi connectivity index (χ3n) is 4.23. The largest absolute Gasteiger partial charge is 0.441 e. The molecule has 114 valence electrons. The van der Waals surface area contributed by atoms with Gasteiger partial charge in [0.25, 0.3) is 0 Å². The Kier molecular flexibility index (Phi) is 4.73.